The molecule has 0 saturated carbocycles. The van der Waals surface area contributed by atoms with Gasteiger partial charge in [-0.15, -0.1) is 16.4 Å². The Hall–Kier alpha value is -2.29. The van der Waals surface area contributed by atoms with Crippen LogP contribution in [0.4, 0.5) is 5.13 Å². The second-order valence-electron chi connectivity index (χ2n) is 4.13. The van der Waals surface area contributed by atoms with Gasteiger partial charge in [-0.2, -0.15) is 0 Å². The molecule has 0 atom stereocenters. The molecule has 0 aliphatic heterocycles. The number of thiazole rings is 1. The summed E-state index contributed by atoms with van der Waals surface area (Å²) < 4.78 is 1.59. The molecule has 0 bridgehead atoms. The molecule has 0 saturated heterocycles. The van der Waals surface area contributed by atoms with Crippen LogP contribution >= 0.6 is 11.3 Å². The lowest BCUT2D eigenvalue weighted by molar-refractivity contribution is -0.137. The number of carboxylic acid groups (broad SMARTS) is 1. The molecule has 106 valence electrons. The van der Waals surface area contributed by atoms with E-state index in [1.807, 2.05) is 5.38 Å². The summed E-state index contributed by atoms with van der Waals surface area (Å²) >= 11 is 1.34. The number of anilines is 1. The molecular formula is C11H13N5O3S. The van der Waals surface area contributed by atoms with E-state index in [-0.39, 0.29) is 12.3 Å². The molecular weight excluding hydrogens is 282 g/mol. The normalized spacial score (nSPS) is 10.4. The van der Waals surface area contributed by atoms with E-state index in [9.17, 15) is 9.59 Å². The Morgan fingerprint density at radius 2 is 2.25 bits per heavy atom. The maximum absolute atomic E-state index is 10.9. The van der Waals surface area contributed by atoms with Crippen LogP contribution in [0.15, 0.2) is 11.6 Å². The quantitative estimate of drug-likeness (QED) is 0.814. The largest absolute Gasteiger partial charge is 0.481 e. The molecule has 2 heterocycles. The van der Waals surface area contributed by atoms with Crippen molar-refractivity contribution in [2.24, 2.45) is 0 Å². The first-order valence-corrected chi connectivity index (χ1v) is 6.73. The second kappa shape index (κ2) is 6.24. The average Bonchev–Trinajstić information content (AvgIpc) is 2.96. The number of amides is 1. The summed E-state index contributed by atoms with van der Waals surface area (Å²) in [4.78, 5) is 25.6. The second-order valence-corrected chi connectivity index (χ2v) is 4.98. The van der Waals surface area contributed by atoms with Crippen LogP contribution in [0.5, 0.6) is 0 Å². The number of carbonyl (C=O) groups is 2. The van der Waals surface area contributed by atoms with Gasteiger partial charge in [-0.1, -0.05) is 5.21 Å². The Bertz CT molecular complexity index is 621. The van der Waals surface area contributed by atoms with Crippen LogP contribution in [-0.2, 0) is 22.6 Å². The highest BCUT2D eigenvalue weighted by Gasteiger charge is 2.07. The van der Waals surface area contributed by atoms with Crippen molar-refractivity contribution in [3.8, 4) is 0 Å². The van der Waals surface area contributed by atoms with Crippen molar-refractivity contribution in [2.45, 2.75) is 26.3 Å². The highest BCUT2D eigenvalue weighted by molar-refractivity contribution is 7.13. The van der Waals surface area contributed by atoms with Crippen molar-refractivity contribution in [3.63, 3.8) is 0 Å². The minimum absolute atomic E-state index is 0.0298. The molecule has 2 aromatic rings. The summed E-state index contributed by atoms with van der Waals surface area (Å²) in [5.41, 5.74) is 1.39. The predicted molar refractivity (Wildman–Crippen MR) is 71.5 cm³/mol. The summed E-state index contributed by atoms with van der Waals surface area (Å²) in [6.07, 6.45) is 2.08. The van der Waals surface area contributed by atoms with Crippen LogP contribution in [0.25, 0.3) is 0 Å². The SMILES string of the molecule is CC(=O)Nc1nc(Cn2cc(CCC(=O)O)nn2)cs1. The third kappa shape index (κ3) is 4.12. The van der Waals surface area contributed by atoms with Gasteiger partial charge in [0.2, 0.25) is 5.91 Å². The van der Waals surface area contributed by atoms with Crippen LogP contribution in [0.1, 0.15) is 24.7 Å². The highest BCUT2D eigenvalue weighted by atomic mass is 32.1. The first-order chi connectivity index (χ1) is 9.52. The fourth-order valence-electron chi connectivity index (χ4n) is 1.52. The minimum atomic E-state index is -0.862. The molecule has 0 aliphatic rings. The van der Waals surface area contributed by atoms with Gasteiger partial charge in [0.1, 0.15) is 0 Å². The van der Waals surface area contributed by atoms with E-state index < -0.39 is 5.97 Å². The smallest absolute Gasteiger partial charge is 0.303 e. The maximum atomic E-state index is 10.9. The standard InChI is InChI=1S/C11H13N5O3S/c1-7(17)12-11-13-9(6-20-11)5-16-4-8(14-15-16)2-3-10(18)19/h4,6H,2-3,5H2,1H3,(H,18,19)(H,12,13,17). The van der Waals surface area contributed by atoms with Crippen molar-refractivity contribution in [1.29, 1.82) is 0 Å². The lowest BCUT2D eigenvalue weighted by Crippen LogP contribution is -2.06. The predicted octanol–water partition coefficient (Wildman–Crippen LogP) is 0.758. The first kappa shape index (κ1) is 14.1. The van der Waals surface area contributed by atoms with E-state index in [1.54, 1.807) is 10.9 Å². The summed E-state index contributed by atoms with van der Waals surface area (Å²) in [7, 11) is 0. The molecule has 0 fully saturated rings. The molecule has 8 nitrogen and oxygen atoms in total. The number of aliphatic carboxylic acids is 1. The lowest BCUT2D eigenvalue weighted by atomic mass is 10.2. The Kier molecular flexibility index (Phi) is 4.41. The average molecular weight is 295 g/mol. The van der Waals surface area contributed by atoms with E-state index in [4.69, 9.17) is 5.11 Å². The Labute approximate surface area is 118 Å². The van der Waals surface area contributed by atoms with E-state index in [2.05, 4.69) is 20.6 Å². The van der Waals surface area contributed by atoms with Gasteiger partial charge in [-0.3, -0.25) is 9.59 Å². The molecule has 2 rings (SSSR count). The molecule has 0 unspecified atom stereocenters. The number of carbonyl (C=O) groups excluding carboxylic acids is 1. The van der Waals surface area contributed by atoms with Gasteiger partial charge >= 0.3 is 5.97 Å². The first-order valence-electron chi connectivity index (χ1n) is 5.85. The monoisotopic (exact) mass is 295 g/mol. The number of nitrogens with one attached hydrogen (secondary N) is 1. The van der Waals surface area contributed by atoms with Gasteiger partial charge in [0.25, 0.3) is 0 Å². The molecule has 0 spiro atoms. The highest BCUT2D eigenvalue weighted by Crippen LogP contribution is 2.16. The molecule has 0 radical (unpaired) electrons. The van der Waals surface area contributed by atoms with Crippen molar-refractivity contribution < 1.29 is 14.7 Å². The van der Waals surface area contributed by atoms with Crippen molar-refractivity contribution in [1.82, 2.24) is 20.0 Å². The van der Waals surface area contributed by atoms with Crippen LogP contribution in [0.3, 0.4) is 0 Å². The lowest BCUT2D eigenvalue weighted by Gasteiger charge is -1.96. The van der Waals surface area contributed by atoms with Gasteiger partial charge < -0.3 is 10.4 Å². The van der Waals surface area contributed by atoms with Crippen molar-refractivity contribution in [2.75, 3.05) is 5.32 Å². The summed E-state index contributed by atoms with van der Waals surface area (Å²) in [5, 5.41) is 21.4. The van der Waals surface area contributed by atoms with Gasteiger partial charge in [-0.05, 0) is 0 Å². The van der Waals surface area contributed by atoms with Gasteiger partial charge in [0.05, 0.1) is 24.4 Å². The fourth-order valence-corrected chi connectivity index (χ4v) is 2.27. The fraction of sp³-hybridized carbons (Fsp3) is 0.364. The molecule has 2 N–H and O–H groups in total. The Balaban J connectivity index is 1.94. The molecule has 0 aliphatic carbocycles. The van der Waals surface area contributed by atoms with E-state index in [0.717, 1.165) is 5.69 Å². The molecule has 0 aromatic carbocycles. The van der Waals surface area contributed by atoms with Gasteiger partial charge in [-0.25, -0.2) is 9.67 Å². The van der Waals surface area contributed by atoms with E-state index in [1.165, 1.54) is 18.3 Å². The molecule has 2 aromatic heterocycles. The number of hydrogen-bond acceptors (Lipinski definition) is 6. The number of aromatic nitrogens is 4. The van der Waals surface area contributed by atoms with Crippen LogP contribution < -0.4 is 5.32 Å². The number of aryl methyl sites for hydroxylation is 1. The summed E-state index contributed by atoms with van der Waals surface area (Å²) in [6.45, 7) is 1.85. The zero-order valence-corrected chi connectivity index (χ0v) is 11.6. The minimum Gasteiger partial charge on any atom is -0.481 e. The third-order valence-electron chi connectivity index (χ3n) is 2.34. The van der Waals surface area contributed by atoms with Crippen LogP contribution in [0, 0.1) is 0 Å². The number of hydrogen-bond donors (Lipinski definition) is 2. The summed E-state index contributed by atoms with van der Waals surface area (Å²) in [5.74, 6) is -1.03. The molecule has 1 amide bonds. The zero-order valence-electron chi connectivity index (χ0n) is 10.7. The Morgan fingerprint density at radius 3 is 2.95 bits per heavy atom. The van der Waals surface area contributed by atoms with Gasteiger partial charge in [0.15, 0.2) is 5.13 Å². The number of nitrogens with zero attached hydrogens (tertiary/aromatic N) is 4. The maximum Gasteiger partial charge on any atom is 0.303 e. The van der Waals surface area contributed by atoms with Crippen molar-refractivity contribution >= 4 is 28.3 Å². The number of rotatable bonds is 6. The van der Waals surface area contributed by atoms with E-state index >= 15 is 0 Å². The summed E-state index contributed by atoms with van der Waals surface area (Å²) in [6, 6.07) is 0. The zero-order chi connectivity index (χ0) is 14.5. The van der Waals surface area contributed by atoms with Gasteiger partial charge in [0, 0.05) is 24.9 Å². The number of carboxylic acids is 1. The molecule has 20 heavy (non-hydrogen) atoms. The van der Waals surface area contributed by atoms with Crippen LogP contribution in [0.2, 0.25) is 0 Å². The third-order valence-corrected chi connectivity index (χ3v) is 3.15. The van der Waals surface area contributed by atoms with E-state index in [0.29, 0.717) is 23.8 Å². The van der Waals surface area contributed by atoms with Crippen LogP contribution in [-0.4, -0.2) is 37.0 Å². The Morgan fingerprint density at radius 1 is 1.45 bits per heavy atom. The topological polar surface area (TPSA) is 110 Å². The van der Waals surface area contributed by atoms with Crippen molar-refractivity contribution in [3.05, 3.63) is 23.0 Å². The molecule has 9 heteroatoms.